The van der Waals surface area contributed by atoms with Gasteiger partial charge in [-0.15, -0.1) is 11.8 Å². The summed E-state index contributed by atoms with van der Waals surface area (Å²) in [7, 11) is 2.63. The van der Waals surface area contributed by atoms with Gasteiger partial charge in [0.25, 0.3) is 0 Å². The molecule has 1 aromatic heterocycles. The van der Waals surface area contributed by atoms with Crippen LogP contribution in [-0.2, 0) is 22.6 Å². The number of benzene rings is 2. The summed E-state index contributed by atoms with van der Waals surface area (Å²) in [6.07, 6.45) is 1.90. The molecule has 3 aromatic rings. The van der Waals surface area contributed by atoms with Crippen LogP contribution in [0.25, 0.3) is 0 Å². The van der Waals surface area contributed by atoms with Crippen LogP contribution < -0.4 is 65.8 Å². The second-order valence-electron chi connectivity index (χ2n) is 7.56. The normalized spacial score (nSPS) is 12.5. The van der Waals surface area contributed by atoms with Gasteiger partial charge in [-0.3, -0.25) is 14.3 Å². The molecule has 4 rings (SSSR count). The first-order valence-corrected chi connectivity index (χ1v) is 13.8. The maximum atomic E-state index is 14.3. The molecule has 0 bridgehead atoms. The first-order chi connectivity index (χ1) is 18.1. The van der Waals surface area contributed by atoms with Crippen LogP contribution in [0.15, 0.2) is 38.9 Å². The zero-order valence-corrected chi connectivity index (χ0v) is 28.0. The molecule has 1 aliphatic rings. The molecule has 1 N–H and O–H groups in total. The Morgan fingerprint density at radius 2 is 1.77 bits per heavy atom. The topological polar surface area (TPSA) is 112 Å². The number of hydrogen-bond donors (Lipinski definition) is 1. The number of fused-ring (bicyclic) bond motifs is 1. The van der Waals surface area contributed by atoms with E-state index in [2.05, 4.69) is 9.73 Å². The summed E-state index contributed by atoms with van der Waals surface area (Å²) >= 11 is 19.5. The van der Waals surface area contributed by atoms with Crippen LogP contribution in [0.4, 0.5) is 10.1 Å². The molecule has 9 nitrogen and oxygen atoms in total. The summed E-state index contributed by atoms with van der Waals surface area (Å²) in [6.45, 7) is 1.32. The van der Waals surface area contributed by atoms with E-state index >= 15 is 0 Å². The number of aromatic nitrogens is 2. The number of halogens is 4. The number of methoxy groups -OCH3 is 2. The van der Waals surface area contributed by atoms with Gasteiger partial charge in [0.2, 0.25) is 4.80 Å². The number of hydrogen-bond acceptors (Lipinski definition) is 8. The predicted molar refractivity (Wildman–Crippen MR) is 146 cm³/mol. The number of aromatic carboxylic acids is 1. The summed E-state index contributed by atoms with van der Waals surface area (Å²) in [5, 5.41) is 9.31. The van der Waals surface area contributed by atoms with Crippen molar-refractivity contribution in [1.29, 1.82) is 0 Å². The minimum atomic E-state index is -1.16. The van der Waals surface area contributed by atoms with Crippen molar-refractivity contribution in [3.63, 3.8) is 0 Å². The molecule has 0 radical (unpaired) electrons. The van der Waals surface area contributed by atoms with E-state index in [0.29, 0.717) is 22.8 Å². The molecule has 2 aromatic carbocycles. The van der Waals surface area contributed by atoms with Gasteiger partial charge in [0.15, 0.2) is 5.75 Å². The van der Waals surface area contributed by atoms with Crippen molar-refractivity contribution >= 4 is 75.5 Å². The molecular weight excluding hydrogens is 643 g/mol. The molecule has 0 unspecified atom stereocenters. The molecule has 2 heterocycles. The number of carboxylic acid groups (broad SMARTS) is 1. The Morgan fingerprint density at radius 3 is 2.36 bits per heavy atom. The standard InChI is InChI=1S/C15H15ClFN3O3S2.C8H6Cl2O3.K.H/c1-23-13(21)8-24-12-7-11(10(17)6-9(12)16)18-14-19-4-2-3-5-20(19)15(22)25-14;1-13-7-5(10)3-2-4(9)6(7)8(11)12;;/h6-7H,2-5,8H2,1H3;2-3H,1H3,(H,11,12);;/q;;+1;-1. The SMILES string of the molecule is COC(=O)CSc1cc(N=c2sc(=O)n3n2CCCC3)c(F)cc1Cl.COc1c(Cl)ccc(Cl)c1C(=O)O.[H-].[K+]. The van der Waals surface area contributed by atoms with Gasteiger partial charge in [-0.05, 0) is 48.4 Å². The van der Waals surface area contributed by atoms with E-state index in [1.54, 1.807) is 9.36 Å². The summed E-state index contributed by atoms with van der Waals surface area (Å²) in [5.41, 5.74) is -0.0313. The van der Waals surface area contributed by atoms with E-state index in [9.17, 15) is 18.8 Å². The van der Waals surface area contributed by atoms with Gasteiger partial charge in [0.05, 0.1) is 35.0 Å². The van der Waals surface area contributed by atoms with Crippen molar-refractivity contribution in [3.05, 3.63) is 65.2 Å². The monoisotopic (exact) mass is 663 g/mol. The Morgan fingerprint density at radius 1 is 1.13 bits per heavy atom. The smallest absolute Gasteiger partial charge is 1.00 e. The molecule has 0 aliphatic carbocycles. The van der Waals surface area contributed by atoms with Crippen molar-refractivity contribution in [2.75, 3.05) is 20.0 Å². The minimum absolute atomic E-state index is 0. The number of rotatable bonds is 6. The molecule has 0 saturated heterocycles. The maximum Gasteiger partial charge on any atom is 1.00 e. The number of nitrogens with zero attached hydrogens (tertiary/aromatic N) is 3. The molecule has 206 valence electrons. The fourth-order valence-corrected chi connectivity index (χ4v) is 5.81. The largest absolute Gasteiger partial charge is 1.00 e. The van der Waals surface area contributed by atoms with E-state index in [-0.39, 0.29) is 95.5 Å². The quantitative estimate of drug-likeness (QED) is 0.245. The number of thioether (sulfide) groups is 1. The van der Waals surface area contributed by atoms with Crippen molar-refractivity contribution in [2.24, 2.45) is 4.99 Å². The van der Waals surface area contributed by atoms with Crippen molar-refractivity contribution in [1.82, 2.24) is 9.36 Å². The zero-order valence-electron chi connectivity index (χ0n) is 22.0. The van der Waals surface area contributed by atoms with Gasteiger partial charge in [-0.1, -0.05) is 34.8 Å². The van der Waals surface area contributed by atoms with Crippen LogP contribution in [0.3, 0.4) is 0 Å². The Balaban J connectivity index is 0.000000456. The summed E-state index contributed by atoms with van der Waals surface area (Å²) in [6, 6.07) is 5.54. The van der Waals surface area contributed by atoms with E-state index in [1.807, 2.05) is 0 Å². The van der Waals surface area contributed by atoms with Crippen LogP contribution in [-0.4, -0.2) is 46.4 Å². The molecule has 0 amide bonds. The van der Waals surface area contributed by atoms with Crippen LogP contribution >= 0.6 is 57.9 Å². The van der Waals surface area contributed by atoms with E-state index in [1.165, 1.54) is 32.4 Å². The summed E-state index contributed by atoms with van der Waals surface area (Å²) in [5.74, 6) is -2.00. The van der Waals surface area contributed by atoms with Crippen molar-refractivity contribution in [2.45, 2.75) is 30.8 Å². The fourth-order valence-electron chi connectivity index (χ4n) is 3.36. The first-order valence-electron chi connectivity index (χ1n) is 10.9. The zero-order chi connectivity index (χ0) is 28.0. The molecule has 39 heavy (non-hydrogen) atoms. The number of carboxylic acids is 1. The van der Waals surface area contributed by atoms with Crippen LogP contribution in [0, 0.1) is 5.82 Å². The van der Waals surface area contributed by atoms with Gasteiger partial charge in [-0.2, -0.15) is 0 Å². The molecule has 0 atom stereocenters. The number of carbonyl (C=O) groups excluding carboxylic acids is 1. The Labute approximate surface area is 289 Å². The van der Waals surface area contributed by atoms with Crippen molar-refractivity contribution < 1.29 is 81.4 Å². The molecular formula is C23H22Cl3FKN3O6S2. The van der Waals surface area contributed by atoms with E-state index < -0.39 is 17.8 Å². The first kappa shape index (κ1) is 34.3. The molecule has 0 fully saturated rings. The third-order valence-corrected chi connectivity index (χ3v) is 8.09. The number of esters is 1. The van der Waals surface area contributed by atoms with Crippen LogP contribution in [0.1, 0.15) is 24.6 Å². The van der Waals surface area contributed by atoms with Gasteiger partial charge in [0, 0.05) is 18.0 Å². The predicted octanol–water partition coefficient (Wildman–Crippen LogP) is 2.61. The Bertz CT molecular complexity index is 1500. The molecule has 0 spiro atoms. The van der Waals surface area contributed by atoms with Gasteiger partial charge in [-0.25, -0.2) is 18.9 Å². The third-order valence-electron chi connectivity index (χ3n) is 5.16. The molecule has 0 saturated carbocycles. The fraction of sp³-hybridized carbons (Fsp3) is 0.304. The third kappa shape index (κ3) is 8.81. The Hall–Kier alpha value is -0.874. The Kier molecular flexibility index (Phi) is 14.0. The number of ether oxygens (including phenoxy) is 2. The van der Waals surface area contributed by atoms with Crippen LogP contribution in [0.2, 0.25) is 15.1 Å². The summed E-state index contributed by atoms with van der Waals surface area (Å²) < 4.78 is 27.1. The van der Waals surface area contributed by atoms with E-state index in [4.69, 9.17) is 44.6 Å². The van der Waals surface area contributed by atoms with Gasteiger partial charge >= 0.3 is 68.2 Å². The van der Waals surface area contributed by atoms with Crippen molar-refractivity contribution in [3.8, 4) is 5.75 Å². The second-order valence-corrected chi connectivity index (χ2v) is 10.7. The minimum Gasteiger partial charge on any atom is -1.00 e. The van der Waals surface area contributed by atoms with Crippen LogP contribution in [0.5, 0.6) is 5.75 Å². The van der Waals surface area contributed by atoms with Gasteiger partial charge < -0.3 is 16.0 Å². The van der Waals surface area contributed by atoms with E-state index in [0.717, 1.165) is 42.0 Å². The maximum absolute atomic E-state index is 14.3. The molecule has 16 heteroatoms. The summed E-state index contributed by atoms with van der Waals surface area (Å²) in [4.78, 5) is 39.2. The van der Waals surface area contributed by atoms with Gasteiger partial charge in [0.1, 0.15) is 17.1 Å². The average molecular weight is 665 g/mol. The average Bonchev–Trinajstić information content (AvgIpc) is 3.21. The molecule has 1 aliphatic heterocycles. The second kappa shape index (κ2) is 15.9. The number of carbonyl (C=O) groups is 2.